The van der Waals surface area contributed by atoms with Crippen molar-refractivity contribution in [2.24, 2.45) is 5.41 Å². The summed E-state index contributed by atoms with van der Waals surface area (Å²) in [5.41, 5.74) is -0.413. The van der Waals surface area contributed by atoms with Crippen LogP contribution in [0.5, 0.6) is 0 Å². The molecule has 0 saturated carbocycles. The molecule has 1 unspecified atom stereocenters. The Kier molecular flexibility index (Phi) is 5.69. The van der Waals surface area contributed by atoms with E-state index in [1.807, 2.05) is 14.0 Å². The molecule has 96 valence electrons. The molecule has 0 radical (unpaired) electrons. The van der Waals surface area contributed by atoms with Gasteiger partial charge >= 0.3 is 0 Å². The van der Waals surface area contributed by atoms with Gasteiger partial charge in [0.2, 0.25) is 0 Å². The normalized spacial score (nSPS) is 22.7. The predicted molar refractivity (Wildman–Crippen MR) is 63.4 cm³/mol. The van der Waals surface area contributed by atoms with Crippen LogP contribution in [0.15, 0.2) is 0 Å². The Morgan fingerprint density at radius 3 is 2.50 bits per heavy atom. The zero-order chi connectivity index (χ0) is 12.0. The largest absolute Gasteiger partial charge is 0.396 e. The van der Waals surface area contributed by atoms with Crippen LogP contribution in [-0.4, -0.2) is 61.2 Å². The molecule has 1 aliphatic heterocycles. The molecule has 2 N–H and O–H groups in total. The van der Waals surface area contributed by atoms with Crippen molar-refractivity contribution < 1.29 is 14.9 Å². The number of ether oxygens (including phenoxy) is 1. The maximum absolute atomic E-state index is 9.22. The van der Waals surface area contributed by atoms with Crippen molar-refractivity contribution >= 4 is 0 Å². The van der Waals surface area contributed by atoms with Crippen molar-refractivity contribution in [1.82, 2.24) is 4.90 Å². The number of aliphatic hydroxyl groups is 2. The molecule has 1 rings (SSSR count). The fourth-order valence-corrected chi connectivity index (χ4v) is 2.17. The first-order valence-electron chi connectivity index (χ1n) is 6.11. The van der Waals surface area contributed by atoms with E-state index < -0.39 is 5.41 Å². The molecule has 16 heavy (non-hydrogen) atoms. The molecule has 0 amide bonds. The van der Waals surface area contributed by atoms with Crippen molar-refractivity contribution in [1.29, 1.82) is 0 Å². The molecule has 0 aromatic heterocycles. The predicted octanol–water partition coefficient (Wildman–Crippen LogP) is 0.478. The van der Waals surface area contributed by atoms with Crippen molar-refractivity contribution in [3.05, 3.63) is 0 Å². The smallest absolute Gasteiger partial charge is 0.0701 e. The van der Waals surface area contributed by atoms with Gasteiger partial charge in [0.15, 0.2) is 0 Å². The van der Waals surface area contributed by atoms with Crippen LogP contribution >= 0.6 is 0 Å². The number of likely N-dealkylation sites (N-methyl/N-ethyl adjacent to an activating group) is 1. The summed E-state index contributed by atoms with van der Waals surface area (Å²) < 4.78 is 5.66. The Morgan fingerprint density at radius 1 is 1.31 bits per heavy atom. The van der Waals surface area contributed by atoms with Crippen LogP contribution in [-0.2, 0) is 4.74 Å². The summed E-state index contributed by atoms with van der Waals surface area (Å²) in [5, 5.41) is 18.4. The zero-order valence-electron chi connectivity index (χ0n) is 10.5. The summed E-state index contributed by atoms with van der Waals surface area (Å²) >= 11 is 0. The first-order chi connectivity index (χ1) is 7.59. The summed E-state index contributed by atoms with van der Waals surface area (Å²) in [6.45, 7) is 4.37. The molecule has 0 aromatic carbocycles. The van der Waals surface area contributed by atoms with E-state index in [-0.39, 0.29) is 13.2 Å². The Bertz CT molecular complexity index is 189. The zero-order valence-corrected chi connectivity index (χ0v) is 10.5. The van der Waals surface area contributed by atoms with Gasteiger partial charge in [-0.15, -0.1) is 0 Å². The molecule has 1 heterocycles. The molecule has 4 heteroatoms. The number of hydrogen-bond donors (Lipinski definition) is 2. The fourth-order valence-electron chi connectivity index (χ4n) is 2.17. The summed E-state index contributed by atoms with van der Waals surface area (Å²) in [5.74, 6) is 0. The lowest BCUT2D eigenvalue weighted by Gasteiger charge is -2.33. The minimum atomic E-state index is -0.413. The summed E-state index contributed by atoms with van der Waals surface area (Å²) in [6, 6.07) is 0. The second-order valence-electron chi connectivity index (χ2n) is 5.31. The molecular formula is C12H25NO3. The number of rotatable bonds is 6. The van der Waals surface area contributed by atoms with E-state index in [4.69, 9.17) is 4.74 Å². The minimum Gasteiger partial charge on any atom is -0.396 e. The SMILES string of the molecule is CN(CC1CCCCO1)CC(C)(CO)CO. The maximum atomic E-state index is 9.22. The van der Waals surface area contributed by atoms with Gasteiger partial charge in [0.05, 0.1) is 19.3 Å². The van der Waals surface area contributed by atoms with Gasteiger partial charge in [-0.05, 0) is 26.3 Å². The van der Waals surface area contributed by atoms with Crippen LogP contribution in [0.25, 0.3) is 0 Å². The Morgan fingerprint density at radius 2 is 2.00 bits per heavy atom. The molecule has 1 atom stereocenters. The third-order valence-electron chi connectivity index (χ3n) is 3.20. The van der Waals surface area contributed by atoms with Gasteiger partial charge in [0, 0.05) is 25.1 Å². The van der Waals surface area contributed by atoms with E-state index in [1.165, 1.54) is 12.8 Å². The topological polar surface area (TPSA) is 52.9 Å². The van der Waals surface area contributed by atoms with Crippen molar-refractivity contribution in [3.8, 4) is 0 Å². The summed E-state index contributed by atoms with van der Waals surface area (Å²) in [4.78, 5) is 2.14. The van der Waals surface area contributed by atoms with Gasteiger partial charge in [0.1, 0.15) is 0 Å². The Hall–Kier alpha value is -0.160. The first kappa shape index (κ1) is 13.9. The van der Waals surface area contributed by atoms with E-state index in [0.29, 0.717) is 12.6 Å². The summed E-state index contributed by atoms with van der Waals surface area (Å²) in [6.07, 6.45) is 3.86. The van der Waals surface area contributed by atoms with Crippen LogP contribution in [0.4, 0.5) is 0 Å². The first-order valence-corrected chi connectivity index (χ1v) is 6.11. The molecule has 0 spiro atoms. The number of nitrogens with zero attached hydrogens (tertiary/aromatic N) is 1. The maximum Gasteiger partial charge on any atom is 0.0701 e. The highest BCUT2D eigenvalue weighted by atomic mass is 16.5. The van der Waals surface area contributed by atoms with Crippen LogP contribution in [0.3, 0.4) is 0 Å². The lowest BCUT2D eigenvalue weighted by atomic mass is 9.92. The highest BCUT2D eigenvalue weighted by Gasteiger charge is 2.26. The Balaban J connectivity index is 2.30. The van der Waals surface area contributed by atoms with Gasteiger partial charge in [-0.2, -0.15) is 0 Å². The van der Waals surface area contributed by atoms with Crippen LogP contribution in [0.2, 0.25) is 0 Å². The van der Waals surface area contributed by atoms with Crippen LogP contribution < -0.4 is 0 Å². The number of hydrogen-bond acceptors (Lipinski definition) is 4. The molecule has 4 nitrogen and oxygen atoms in total. The molecular weight excluding hydrogens is 206 g/mol. The van der Waals surface area contributed by atoms with Crippen molar-refractivity contribution in [3.63, 3.8) is 0 Å². The molecule has 0 bridgehead atoms. The lowest BCUT2D eigenvalue weighted by Crippen LogP contribution is -2.42. The summed E-state index contributed by atoms with van der Waals surface area (Å²) in [7, 11) is 2.02. The number of aliphatic hydroxyl groups excluding tert-OH is 2. The van der Waals surface area contributed by atoms with Gasteiger partial charge in [-0.1, -0.05) is 6.92 Å². The Labute approximate surface area is 98.2 Å². The van der Waals surface area contributed by atoms with Gasteiger partial charge in [-0.3, -0.25) is 0 Å². The van der Waals surface area contributed by atoms with Crippen molar-refractivity contribution in [2.45, 2.75) is 32.3 Å². The quantitative estimate of drug-likeness (QED) is 0.698. The highest BCUT2D eigenvalue weighted by Crippen LogP contribution is 2.18. The van der Waals surface area contributed by atoms with Crippen LogP contribution in [0, 0.1) is 5.41 Å². The molecule has 1 fully saturated rings. The molecule has 1 aliphatic rings. The van der Waals surface area contributed by atoms with Gasteiger partial charge < -0.3 is 19.8 Å². The third kappa shape index (κ3) is 4.37. The van der Waals surface area contributed by atoms with Gasteiger partial charge in [0.25, 0.3) is 0 Å². The molecule has 0 aliphatic carbocycles. The average Bonchev–Trinajstić information content (AvgIpc) is 2.30. The van der Waals surface area contributed by atoms with E-state index in [0.717, 1.165) is 19.6 Å². The minimum absolute atomic E-state index is 0.0133. The van der Waals surface area contributed by atoms with Crippen molar-refractivity contribution in [2.75, 3.05) is 40.0 Å². The standard InChI is InChI=1S/C12H25NO3/c1-12(9-14,10-15)8-13(2)7-11-5-3-4-6-16-11/h11,14-15H,3-10H2,1-2H3. The van der Waals surface area contributed by atoms with Gasteiger partial charge in [-0.25, -0.2) is 0 Å². The van der Waals surface area contributed by atoms with E-state index in [9.17, 15) is 10.2 Å². The monoisotopic (exact) mass is 231 g/mol. The fraction of sp³-hybridized carbons (Fsp3) is 1.00. The second kappa shape index (κ2) is 6.55. The van der Waals surface area contributed by atoms with E-state index >= 15 is 0 Å². The van der Waals surface area contributed by atoms with E-state index in [1.54, 1.807) is 0 Å². The molecule has 1 saturated heterocycles. The second-order valence-corrected chi connectivity index (χ2v) is 5.31. The average molecular weight is 231 g/mol. The highest BCUT2D eigenvalue weighted by molar-refractivity contribution is 4.77. The molecule has 0 aromatic rings. The van der Waals surface area contributed by atoms with E-state index in [2.05, 4.69) is 4.90 Å². The van der Waals surface area contributed by atoms with Crippen LogP contribution in [0.1, 0.15) is 26.2 Å². The lowest BCUT2D eigenvalue weighted by molar-refractivity contribution is -0.0178. The third-order valence-corrected chi connectivity index (χ3v) is 3.20.